The lowest BCUT2D eigenvalue weighted by molar-refractivity contribution is -0.138. The second-order valence-corrected chi connectivity index (χ2v) is 4.78. The molecule has 0 aliphatic carbocycles. The first-order chi connectivity index (χ1) is 8.09. The third-order valence-electron chi connectivity index (χ3n) is 3.23. The molecular weight excluding hydrogens is 216 g/mol. The average Bonchev–Trinajstić information content (AvgIpc) is 2.28. The van der Waals surface area contributed by atoms with Crippen LogP contribution in [0.25, 0.3) is 0 Å². The molecule has 2 atom stereocenters. The summed E-state index contributed by atoms with van der Waals surface area (Å²) < 4.78 is 0. The lowest BCUT2D eigenvalue weighted by atomic mass is 9.75. The molecule has 1 aromatic rings. The molecule has 1 aromatic heterocycles. The number of nitrogens with zero attached hydrogens (tertiary/aromatic N) is 1. The first-order valence-corrected chi connectivity index (χ1v) is 5.83. The van der Waals surface area contributed by atoms with Gasteiger partial charge in [0.2, 0.25) is 11.8 Å². The summed E-state index contributed by atoms with van der Waals surface area (Å²) in [4.78, 5) is 27.4. The van der Waals surface area contributed by atoms with Gasteiger partial charge in [0, 0.05) is 30.7 Å². The minimum absolute atomic E-state index is 0.0510. The van der Waals surface area contributed by atoms with E-state index in [0.717, 1.165) is 5.56 Å². The Morgan fingerprint density at radius 2 is 2.18 bits per heavy atom. The monoisotopic (exact) mass is 232 g/mol. The van der Waals surface area contributed by atoms with E-state index in [-0.39, 0.29) is 29.6 Å². The summed E-state index contributed by atoms with van der Waals surface area (Å²) >= 11 is 0. The second-order valence-electron chi connectivity index (χ2n) is 4.78. The maximum Gasteiger partial charge on any atom is 0.230 e. The van der Waals surface area contributed by atoms with Crippen LogP contribution in [0.3, 0.4) is 0 Å². The van der Waals surface area contributed by atoms with Crippen molar-refractivity contribution in [2.45, 2.75) is 26.2 Å². The largest absolute Gasteiger partial charge is 0.296 e. The van der Waals surface area contributed by atoms with Crippen LogP contribution in [0.4, 0.5) is 0 Å². The van der Waals surface area contributed by atoms with E-state index >= 15 is 0 Å². The van der Waals surface area contributed by atoms with Crippen molar-refractivity contribution in [3.63, 3.8) is 0 Å². The molecule has 1 fully saturated rings. The van der Waals surface area contributed by atoms with Crippen LogP contribution in [0, 0.1) is 11.8 Å². The van der Waals surface area contributed by atoms with Crippen LogP contribution in [0.1, 0.15) is 31.7 Å². The number of pyridine rings is 1. The fourth-order valence-electron chi connectivity index (χ4n) is 2.47. The second kappa shape index (κ2) is 4.65. The van der Waals surface area contributed by atoms with Gasteiger partial charge in [-0.1, -0.05) is 19.9 Å². The quantitative estimate of drug-likeness (QED) is 0.786. The summed E-state index contributed by atoms with van der Waals surface area (Å²) in [5.74, 6) is -0.360. The van der Waals surface area contributed by atoms with Crippen molar-refractivity contribution in [2.75, 3.05) is 0 Å². The van der Waals surface area contributed by atoms with Crippen LogP contribution in [0.15, 0.2) is 24.5 Å². The van der Waals surface area contributed by atoms with Gasteiger partial charge in [0.05, 0.1) is 0 Å². The zero-order chi connectivity index (χ0) is 12.4. The lowest BCUT2D eigenvalue weighted by Gasteiger charge is -2.32. The van der Waals surface area contributed by atoms with Crippen LogP contribution in [0.5, 0.6) is 0 Å². The van der Waals surface area contributed by atoms with Gasteiger partial charge >= 0.3 is 0 Å². The summed E-state index contributed by atoms with van der Waals surface area (Å²) in [7, 11) is 0. The molecule has 0 radical (unpaired) electrons. The molecule has 1 aliphatic heterocycles. The fourth-order valence-corrected chi connectivity index (χ4v) is 2.47. The molecule has 0 bridgehead atoms. The van der Waals surface area contributed by atoms with Crippen molar-refractivity contribution >= 4 is 11.8 Å². The van der Waals surface area contributed by atoms with Crippen molar-refractivity contribution in [1.82, 2.24) is 10.3 Å². The van der Waals surface area contributed by atoms with Crippen LogP contribution in [-0.4, -0.2) is 16.8 Å². The Balaban J connectivity index is 2.34. The number of imide groups is 1. The van der Waals surface area contributed by atoms with Crippen LogP contribution < -0.4 is 5.32 Å². The Morgan fingerprint density at radius 3 is 2.76 bits per heavy atom. The Bertz CT molecular complexity index is 428. The zero-order valence-electron chi connectivity index (χ0n) is 10.0. The molecule has 2 amide bonds. The van der Waals surface area contributed by atoms with E-state index in [4.69, 9.17) is 0 Å². The van der Waals surface area contributed by atoms with Crippen molar-refractivity contribution in [2.24, 2.45) is 11.8 Å². The van der Waals surface area contributed by atoms with Crippen molar-refractivity contribution in [3.05, 3.63) is 30.1 Å². The number of carbonyl (C=O) groups excluding carboxylic acids is 2. The van der Waals surface area contributed by atoms with Gasteiger partial charge in [0.25, 0.3) is 0 Å². The highest BCUT2D eigenvalue weighted by atomic mass is 16.2. The molecule has 90 valence electrons. The standard InChI is InChI=1S/C13H16N2O2/c1-8(2)12-10(6-11(16)15-13(12)17)9-4-3-5-14-7-9/h3-5,7-8,10,12H,6H2,1-2H3,(H,15,16,17). The van der Waals surface area contributed by atoms with Gasteiger partial charge in [-0.3, -0.25) is 19.9 Å². The highest BCUT2D eigenvalue weighted by Gasteiger charge is 2.38. The van der Waals surface area contributed by atoms with E-state index in [0.29, 0.717) is 6.42 Å². The number of hydrogen-bond donors (Lipinski definition) is 1. The Morgan fingerprint density at radius 1 is 1.41 bits per heavy atom. The van der Waals surface area contributed by atoms with Crippen molar-refractivity contribution in [3.8, 4) is 0 Å². The molecule has 1 saturated heterocycles. The zero-order valence-corrected chi connectivity index (χ0v) is 10.0. The smallest absolute Gasteiger partial charge is 0.230 e. The molecule has 4 heteroatoms. The van der Waals surface area contributed by atoms with Gasteiger partial charge in [-0.05, 0) is 17.5 Å². The minimum Gasteiger partial charge on any atom is -0.296 e. The highest BCUT2D eigenvalue weighted by Crippen LogP contribution is 2.35. The molecule has 0 saturated carbocycles. The first-order valence-electron chi connectivity index (χ1n) is 5.83. The Kier molecular flexibility index (Phi) is 3.22. The molecular formula is C13H16N2O2. The molecule has 4 nitrogen and oxygen atoms in total. The molecule has 0 spiro atoms. The summed E-state index contributed by atoms with van der Waals surface area (Å²) in [5, 5.41) is 2.41. The number of aromatic nitrogens is 1. The van der Waals surface area contributed by atoms with E-state index in [2.05, 4.69) is 10.3 Å². The van der Waals surface area contributed by atoms with E-state index in [9.17, 15) is 9.59 Å². The van der Waals surface area contributed by atoms with Crippen LogP contribution in [-0.2, 0) is 9.59 Å². The van der Waals surface area contributed by atoms with Gasteiger partial charge in [-0.2, -0.15) is 0 Å². The molecule has 1 aliphatic rings. The molecule has 1 N–H and O–H groups in total. The topological polar surface area (TPSA) is 59.1 Å². The molecule has 2 heterocycles. The predicted octanol–water partition coefficient (Wildman–Crippen LogP) is 1.48. The third kappa shape index (κ3) is 2.35. The summed E-state index contributed by atoms with van der Waals surface area (Å²) in [6.07, 6.45) is 3.80. The molecule has 0 aromatic carbocycles. The molecule has 2 unspecified atom stereocenters. The van der Waals surface area contributed by atoms with Gasteiger partial charge < -0.3 is 0 Å². The average molecular weight is 232 g/mol. The normalized spacial score (nSPS) is 24.9. The van der Waals surface area contributed by atoms with Gasteiger partial charge in [-0.15, -0.1) is 0 Å². The van der Waals surface area contributed by atoms with Gasteiger partial charge in [0.15, 0.2) is 0 Å². The molecule has 17 heavy (non-hydrogen) atoms. The lowest BCUT2D eigenvalue weighted by Crippen LogP contribution is -2.46. The van der Waals surface area contributed by atoms with E-state index in [1.165, 1.54) is 0 Å². The maximum absolute atomic E-state index is 11.9. The summed E-state index contributed by atoms with van der Waals surface area (Å²) in [5.41, 5.74) is 0.967. The summed E-state index contributed by atoms with van der Waals surface area (Å²) in [6, 6.07) is 3.77. The van der Waals surface area contributed by atoms with E-state index in [1.54, 1.807) is 12.4 Å². The molecule has 2 rings (SSSR count). The number of hydrogen-bond acceptors (Lipinski definition) is 3. The van der Waals surface area contributed by atoms with Gasteiger partial charge in [-0.25, -0.2) is 0 Å². The number of piperidine rings is 1. The number of carbonyl (C=O) groups is 2. The van der Waals surface area contributed by atoms with Gasteiger partial charge in [0.1, 0.15) is 0 Å². The Hall–Kier alpha value is -1.71. The number of nitrogens with one attached hydrogen (secondary N) is 1. The Labute approximate surface area is 100 Å². The SMILES string of the molecule is CC(C)C1C(=O)NC(=O)CC1c1cccnc1. The van der Waals surface area contributed by atoms with Crippen LogP contribution >= 0.6 is 0 Å². The number of rotatable bonds is 2. The number of amides is 2. The van der Waals surface area contributed by atoms with Crippen LogP contribution in [0.2, 0.25) is 0 Å². The van der Waals surface area contributed by atoms with E-state index < -0.39 is 0 Å². The summed E-state index contributed by atoms with van der Waals surface area (Å²) in [6.45, 7) is 4.01. The van der Waals surface area contributed by atoms with Crippen molar-refractivity contribution in [1.29, 1.82) is 0 Å². The maximum atomic E-state index is 11.9. The van der Waals surface area contributed by atoms with Crippen molar-refractivity contribution < 1.29 is 9.59 Å². The first kappa shape index (κ1) is 11.8. The fraction of sp³-hybridized carbons (Fsp3) is 0.462. The minimum atomic E-state index is -0.194. The predicted molar refractivity (Wildman–Crippen MR) is 63.1 cm³/mol. The van der Waals surface area contributed by atoms with E-state index in [1.807, 2.05) is 26.0 Å². The highest BCUT2D eigenvalue weighted by molar-refractivity contribution is 5.99. The third-order valence-corrected chi connectivity index (χ3v) is 3.23.